The van der Waals surface area contributed by atoms with E-state index in [0.717, 1.165) is 0 Å². The third-order valence-electron chi connectivity index (χ3n) is 0.500. The first-order valence-corrected chi connectivity index (χ1v) is 8.80. The molecule has 0 aromatic heterocycles. The molecule has 0 N–H and O–H groups in total. The van der Waals surface area contributed by atoms with Crippen molar-refractivity contribution in [3.63, 3.8) is 0 Å². The molecule has 0 saturated heterocycles. The molecule has 0 rings (SSSR count). The first-order valence-electron chi connectivity index (χ1n) is 1.91. The van der Waals surface area contributed by atoms with Crippen LogP contribution in [0.5, 0.6) is 0 Å². The Morgan fingerprint density at radius 3 is 2.00 bits per heavy atom. The Morgan fingerprint density at radius 2 is 2.00 bits per heavy atom. The molecule has 0 spiro atoms. The van der Waals surface area contributed by atoms with Crippen LogP contribution < -0.4 is 0 Å². The summed E-state index contributed by atoms with van der Waals surface area (Å²) in [6, 6.07) is 0. The van der Waals surface area contributed by atoms with Crippen molar-refractivity contribution in [3.8, 4) is 0 Å². The van der Waals surface area contributed by atoms with Gasteiger partial charge in [0.1, 0.15) is 0 Å². The monoisotopic (exact) mass is 166 g/mol. The van der Waals surface area contributed by atoms with Crippen LogP contribution >= 0.6 is 0 Å². The van der Waals surface area contributed by atoms with Gasteiger partial charge in [-0.15, -0.1) is 0 Å². The second-order valence-electron chi connectivity index (χ2n) is 1.000. The minimum absolute atomic E-state index is 0.0339. The van der Waals surface area contributed by atoms with Crippen LogP contribution in [0.3, 0.4) is 0 Å². The standard InChI is InChI=1S/C2H5.CH3.Sn.2H/c1-2;;;;/h1H2,2H3;1H3;;;. The van der Waals surface area contributed by atoms with Crippen LogP contribution in [-0.2, 0) is 0 Å². The van der Waals surface area contributed by atoms with Crippen LogP contribution in [-0.4, -0.2) is 21.1 Å². The van der Waals surface area contributed by atoms with Gasteiger partial charge in [-0.2, -0.15) is 0 Å². The van der Waals surface area contributed by atoms with Gasteiger partial charge >= 0.3 is 37.4 Å². The molecule has 1 heteroatoms. The molecule has 0 aliphatic rings. The molecule has 0 fully saturated rings. The summed E-state index contributed by atoms with van der Waals surface area (Å²) in [5.41, 5.74) is 0. The van der Waals surface area contributed by atoms with Crippen molar-refractivity contribution in [2.45, 2.75) is 16.3 Å². The van der Waals surface area contributed by atoms with E-state index >= 15 is 0 Å². The molecular weight excluding hydrogens is 155 g/mol. The fourth-order valence-electron chi connectivity index (χ4n) is 0. The van der Waals surface area contributed by atoms with E-state index in [4.69, 9.17) is 0 Å². The Balaban J connectivity index is 1.97. The Morgan fingerprint density at radius 1 is 1.75 bits per heavy atom. The SMILES string of the molecule is C[CH2][SnH2][CH3]. The minimum atomic E-state index is -0.0339. The number of hydrogen-bond donors (Lipinski definition) is 0. The van der Waals surface area contributed by atoms with Gasteiger partial charge in [0.2, 0.25) is 0 Å². The van der Waals surface area contributed by atoms with Crippen LogP contribution in [0.4, 0.5) is 0 Å². The predicted molar refractivity (Wildman–Crippen MR) is 24.9 cm³/mol. The summed E-state index contributed by atoms with van der Waals surface area (Å²) in [5, 5.41) is 0. The van der Waals surface area contributed by atoms with Gasteiger partial charge in [-0.3, -0.25) is 0 Å². The molecule has 0 heterocycles. The molecular formula is C3H10Sn. The molecule has 26 valence electrons. The molecule has 0 nitrogen and oxygen atoms in total. The fourth-order valence-corrected chi connectivity index (χ4v) is 0. The molecule has 0 bridgehead atoms. The average Bonchev–Trinajstić information content (AvgIpc) is 1.37. The maximum absolute atomic E-state index is 2.39. The van der Waals surface area contributed by atoms with Crippen molar-refractivity contribution in [1.29, 1.82) is 0 Å². The Bertz CT molecular complexity index is 5.25. The first-order chi connectivity index (χ1) is 1.91. The van der Waals surface area contributed by atoms with Gasteiger partial charge in [0, 0.05) is 0 Å². The van der Waals surface area contributed by atoms with E-state index in [1.807, 2.05) is 0 Å². The molecule has 0 unspecified atom stereocenters. The fraction of sp³-hybridized carbons (Fsp3) is 1.00. The van der Waals surface area contributed by atoms with E-state index in [9.17, 15) is 0 Å². The van der Waals surface area contributed by atoms with E-state index in [1.165, 1.54) is 4.44 Å². The summed E-state index contributed by atoms with van der Waals surface area (Å²) in [5.74, 6) is 0. The van der Waals surface area contributed by atoms with Gasteiger partial charge in [0.15, 0.2) is 0 Å². The topological polar surface area (TPSA) is 0 Å². The van der Waals surface area contributed by atoms with E-state index in [2.05, 4.69) is 11.9 Å². The van der Waals surface area contributed by atoms with Crippen molar-refractivity contribution in [2.75, 3.05) is 0 Å². The quantitative estimate of drug-likeness (QED) is 0.500. The first kappa shape index (κ1) is 4.80. The van der Waals surface area contributed by atoms with Crippen molar-refractivity contribution >= 4 is 21.1 Å². The summed E-state index contributed by atoms with van der Waals surface area (Å²) in [6.07, 6.45) is 0. The number of rotatable bonds is 1. The zero-order valence-corrected chi connectivity index (χ0v) is 7.45. The zero-order chi connectivity index (χ0) is 3.41. The normalized spacial score (nSPS) is 10.5. The molecule has 0 atom stereocenters. The van der Waals surface area contributed by atoms with Gasteiger partial charge in [-0.05, 0) is 0 Å². The molecule has 0 aliphatic carbocycles. The van der Waals surface area contributed by atoms with Gasteiger partial charge < -0.3 is 0 Å². The molecule has 0 aromatic carbocycles. The summed E-state index contributed by atoms with van der Waals surface area (Å²) < 4.78 is 1.53. The van der Waals surface area contributed by atoms with E-state index < -0.39 is 0 Å². The molecule has 0 saturated carbocycles. The summed E-state index contributed by atoms with van der Waals surface area (Å²) in [7, 11) is 0. The molecule has 4 heavy (non-hydrogen) atoms. The molecule has 0 aliphatic heterocycles. The van der Waals surface area contributed by atoms with Gasteiger partial charge in [0.05, 0.1) is 0 Å². The second-order valence-corrected chi connectivity index (χ2v) is 6.71. The van der Waals surface area contributed by atoms with Gasteiger partial charge in [0.25, 0.3) is 0 Å². The predicted octanol–water partition coefficient (Wildman–Crippen LogP) is 0.641. The molecule has 0 amide bonds. The summed E-state index contributed by atoms with van der Waals surface area (Å²) in [4.78, 5) is 2.39. The van der Waals surface area contributed by atoms with Crippen LogP contribution in [0.2, 0.25) is 9.38 Å². The van der Waals surface area contributed by atoms with Crippen molar-refractivity contribution in [3.05, 3.63) is 0 Å². The summed E-state index contributed by atoms with van der Waals surface area (Å²) >= 11 is -0.0339. The van der Waals surface area contributed by atoms with Crippen LogP contribution in [0.25, 0.3) is 0 Å². The third-order valence-corrected chi connectivity index (χ3v) is 3.35. The van der Waals surface area contributed by atoms with E-state index in [0.29, 0.717) is 0 Å². The Kier molecular flexibility index (Phi) is 4.56. The van der Waals surface area contributed by atoms with Crippen LogP contribution in [0, 0.1) is 0 Å². The second kappa shape index (κ2) is 3.80. The van der Waals surface area contributed by atoms with Gasteiger partial charge in [-0.25, -0.2) is 0 Å². The summed E-state index contributed by atoms with van der Waals surface area (Å²) in [6.45, 7) is 2.27. The third kappa shape index (κ3) is 2.80. The van der Waals surface area contributed by atoms with Crippen LogP contribution in [0.15, 0.2) is 0 Å². The maximum atomic E-state index is 2.39. The van der Waals surface area contributed by atoms with Crippen molar-refractivity contribution in [1.82, 2.24) is 0 Å². The van der Waals surface area contributed by atoms with Crippen molar-refractivity contribution < 1.29 is 0 Å². The zero-order valence-electron chi connectivity index (χ0n) is 3.41. The van der Waals surface area contributed by atoms with Crippen molar-refractivity contribution in [2.24, 2.45) is 0 Å². The van der Waals surface area contributed by atoms with E-state index in [-0.39, 0.29) is 21.1 Å². The van der Waals surface area contributed by atoms with Gasteiger partial charge in [-0.1, -0.05) is 0 Å². The van der Waals surface area contributed by atoms with E-state index in [1.54, 1.807) is 0 Å². The molecule has 0 radical (unpaired) electrons. The number of hydrogen-bond acceptors (Lipinski definition) is 0. The Labute approximate surface area is 37.8 Å². The molecule has 0 aromatic rings. The van der Waals surface area contributed by atoms with Crippen LogP contribution in [0.1, 0.15) is 6.92 Å². The Hall–Kier alpha value is 0.799. The average molecular weight is 165 g/mol.